The van der Waals surface area contributed by atoms with Crippen molar-refractivity contribution in [3.63, 3.8) is 0 Å². The van der Waals surface area contributed by atoms with Crippen LogP contribution in [0.1, 0.15) is 17.0 Å². The molecule has 2 aromatic rings. The van der Waals surface area contributed by atoms with Gasteiger partial charge in [-0.05, 0) is 22.3 Å². The predicted octanol–water partition coefficient (Wildman–Crippen LogP) is 2.07. The highest BCUT2D eigenvalue weighted by Crippen LogP contribution is 2.44. The summed E-state index contributed by atoms with van der Waals surface area (Å²) in [7, 11) is 1.67. The summed E-state index contributed by atoms with van der Waals surface area (Å²) < 4.78 is 5.60. The van der Waals surface area contributed by atoms with Gasteiger partial charge in [-0.2, -0.15) is 0 Å². The van der Waals surface area contributed by atoms with Crippen LogP contribution in [-0.2, 0) is 9.53 Å². The second kappa shape index (κ2) is 7.04. The van der Waals surface area contributed by atoms with Crippen LogP contribution in [0, 0.1) is 0 Å². The quantitative estimate of drug-likeness (QED) is 0.903. The van der Waals surface area contributed by atoms with Crippen LogP contribution in [0.5, 0.6) is 0 Å². The van der Waals surface area contributed by atoms with Crippen molar-refractivity contribution < 1.29 is 19.4 Å². The molecule has 1 saturated heterocycles. The van der Waals surface area contributed by atoms with Crippen molar-refractivity contribution >= 4 is 12.0 Å². The van der Waals surface area contributed by atoms with Crippen molar-refractivity contribution in [3.8, 4) is 11.1 Å². The summed E-state index contributed by atoms with van der Waals surface area (Å²) in [5.74, 6) is -0.297. The van der Waals surface area contributed by atoms with Gasteiger partial charge in [-0.25, -0.2) is 4.79 Å². The summed E-state index contributed by atoms with van der Waals surface area (Å²) in [6, 6.07) is 15.4. The molecule has 27 heavy (non-hydrogen) atoms. The van der Waals surface area contributed by atoms with Crippen LogP contribution >= 0.6 is 0 Å². The molecule has 6 heteroatoms. The maximum absolute atomic E-state index is 12.6. The van der Waals surface area contributed by atoms with Gasteiger partial charge in [-0.15, -0.1) is 0 Å². The minimum atomic E-state index is -0.876. The van der Waals surface area contributed by atoms with Gasteiger partial charge in [0.15, 0.2) is 0 Å². The van der Waals surface area contributed by atoms with E-state index in [1.807, 2.05) is 24.3 Å². The smallest absolute Gasteiger partial charge is 0.410 e. The molecule has 1 aliphatic heterocycles. The summed E-state index contributed by atoms with van der Waals surface area (Å²) in [4.78, 5) is 27.6. The molecule has 2 amide bonds. The number of likely N-dealkylation sites (N-methyl/N-ethyl adjacent to an activating group) is 1. The van der Waals surface area contributed by atoms with E-state index in [0.717, 1.165) is 22.3 Å². The number of carbonyl (C=O) groups is 2. The molecule has 1 aliphatic carbocycles. The van der Waals surface area contributed by atoms with Crippen LogP contribution in [0.4, 0.5) is 4.79 Å². The third kappa shape index (κ3) is 2.96. The van der Waals surface area contributed by atoms with Gasteiger partial charge in [-0.1, -0.05) is 48.5 Å². The second-order valence-corrected chi connectivity index (χ2v) is 6.96. The van der Waals surface area contributed by atoms with Crippen molar-refractivity contribution in [1.29, 1.82) is 0 Å². The Balaban J connectivity index is 1.52. The molecular weight excluding hydrogens is 344 g/mol. The third-order valence-corrected chi connectivity index (χ3v) is 5.46. The predicted molar refractivity (Wildman–Crippen MR) is 100 cm³/mol. The van der Waals surface area contributed by atoms with Gasteiger partial charge in [0.1, 0.15) is 12.6 Å². The van der Waals surface area contributed by atoms with Gasteiger partial charge in [0.05, 0.1) is 6.61 Å². The Labute approximate surface area is 158 Å². The zero-order valence-corrected chi connectivity index (χ0v) is 15.2. The highest BCUT2D eigenvalue weighted by Gasteiger charge is 2.37. The summed E-state index contributed by atoms with van der Waals surface area (Å²) in [5.41, 5.74) is 4.61. The van der Waals surface area contributed by atoms with Crippen molar-refractivity contribution in [2.45, 2.75) is 12.0 Å². The van der Waals surface area contributed by atoms with E-state index in [0.29, 0.717) is 13.1 Å². The number of aliphatic hydroxyl groups excluding tert-OH is 1. The lowest BCUT2D eigenvalue weighted by Crippen LogP contribution is -2.59. The standard InChI is InChI=1S/C21H22N2O4/c1-22-10-11-23(19(12-24)20(22)25)21(26)27-13-18-16-8-4-2-6-14(16)15-7-3-5-9-17(15)18/h2-9,18-19,24H,10-13H2,1H3. The Morgan fingerprint density at radius 2 is 1.67 bits per heavy atom. The van der Waals surface area contributed by atoms with Gasteiger partial charge < -0.3 is 14.7 Å². The highest BCUT2D eigenvalue weighted by atomic mass is 16.6. The molecule has 1 N–H and O–H groups in total. The molecule has 0 radical (unpaired) electrons. The van der Waals surface area contributed by atoms with Crippen molar-refractivity contribution in [2.24, 2.45) is 0 Å². The number of fused-ring (bicyclic) bond motifs is 3. The number of hydrogen-bond donors (Lipinski definition) is 1. The molecular formula is C21H22N2O4. The Kier molecular flexibility index (Phi) is 4.58. The molecule has 6 nitrogen and oxygen atoms in total. The van der Waals surface area contributed by atoms with Gasteiger partial charge in [0.25, 0.3) is 0 Å². The fraction of sp³-hybridized carbons (Fsp3) is 0.333. The lowest BCUT2D eigenvalue weighted by atomic mass is 9.98. The first-order valence-electron chi connectivity index (χ1n) is 9.09. The van der Waals surface area contributed by atoms with E-state index in [1.54, 1.807) is 7.05 Å². The Morgan fingerprint density at radius 1 is 1.07 bits per heavy atom. The zero-order chi connectivity index (χ0) is 19.0. The van der Waals surface area contributed by atoms with Crippen molar-refractivity contribution in [3.05, 3.63) is 59.7 Å². The van der Waals surface area contributed by atoms with E-state index in [2.05, 4.69) is 24.3 Å². The van der Waals surface area contributed by atoms with Crippen LogP contribution in [0.15, 0.2) is 48.5 Å². The lowest BCUT2D eigenvalue weighted by Gasteiger charge is -2.37. The van der Waals surface area contributed by atoms with Crippen molar-refractivity contribution in [1.82, 2.24) is 9.80 Å². The van der Waals surface area contributed by atoms with Crippen LogP contribution in [0.25, 0.3) is 11.1 Å². The normalized spacial score (nSPS) is 19.0. The number of carbonyl (C=O) groups excluding carboxylic acids is 2. The monoisotopic (exact) mass is 366 g/mol. The van der Waals surface area contributed by atoms with Crippen LogP contribution in [-0.4, -0.2) is 66.3 Å². The van der Waals surface area contributed by atoms with Gasteiger partial charge in [0.2, 0.25) is 5.91 Å². The number of piperazine rings is 1. The number of aliphatic hydroxyl groups is 1. The number of ether oxygens (including phenoxy) is 1. The Morgan fingerprint density at radius 3 is 2.26 bits per heavy atom. The molecule has 1 atom stereocenters. The number of nitrogens with zero attached hydrogens (tertiary/aromatic N) is 2. The number of benzene rings is 2. The minimum absolute atomic E-state index is 0.0305. The van der Waals surface area contributed by atoms with E-state index in [-0.39, 0.29) is 18.4 Å². The highest BCUT2D eigenvalue weighted by molar-refractivity contribution is 5.87. The molecule has 0 bridgehead atoms. The summed E-state index contributed by atoms with van der Waals surface area (Å²) in [6.07, 6.45) is -0.558. The Bertz CT molecular complexity index is 836. The summed E-state index contributed by atoms with van der Waals surface area (Å²) >= 11 is 0. The van der Waals surface area contributed by atoms with Gasteiger partial charge in [-0.3, -0.25) is 9.69 Å². The van der Waals surface area contributed by atoms with Gasteiger partial charge >= 0.3 is 6.09 Å². The van der Waals surface area contributed by atoms with Crippen LogP contribution < -0.4 is 0 Å². The fourth-order valence-corrected chi connectivity index (χ4v) is 3.98. The van der Waals surface area contributed by atoms with Gasteiger partial charge in [0, 0.05) is 26.1 Å². The first kappa shape index (κ1) is 17.5. The molecule has 1 unspecified atom stereocenters. The summed E-state index contributed by atoms with van der Waals surface area (Å²) in [6.45, 7) is 0.572. The molecule has 1 heterocycles. The lowest BCUT2D eigenvalue weighted by molar-refractivity contribution is -0.140. The number of amides is 2. The zero-order valence-electron chi connectivity index (χ0n) is 15.2. The first-order chi connectivity index (χ1) is 13.1. The van der Waals surface area contributed by atoms with E-state index >= 15 is 0 Å². The van der Waals surface area contributed by atoms with E-state index in [1.165, 1.54) is 9.80 Å². The molecule has 4 rings (SSSR count). The average molecular weight is 366 g/mol. The number of hydrogen-bond acceptors (Lipinski definition) is 4. The third-order valence-electron chi connectivity index (χ3n) is 5.46. The first-order valence-corrected chi connectivity index (χ1v) is 9.09. The molecule has 140 valence electrons. The largest absolute Gasteiger partial charge is 0.448 e. The molecule has 0 aromatic heterocycles. The molecule has 1 fully saturated rings. The average Bonchev–Trinajstić information content (AvgIpc) is 3.02. The Hall–Kier alpha value is -2.86. The van der Waals surface area contributed by atoms with E-state index < -0.39 is 18.7 Å². The molecule has 0 saturated carbocycles. The summed E-state index contributed by atoms with van der Waals surface area (Å²) in [5, 5.41) is 9.54. The van der Waals surface area contributed by atoms with Crippen LogP contribution in [0.2, 0.25) is 0 Å². The maximum Gasteiger partial charge on any atom is 0.410 e. The topological polar surface area (TPSA) is 70.1 Å². The molecule has 2 aliphatic rings. The molecule has 0 spiro atoms. The maximum atomic E-state index is 12.6. The second-order valence-electron chi connectivity index (χ2n) is 6.96. The van der Waals surface area contributed by atoms with E-state index in [4.69, 9.17) is 4.74 Å². The fourth-order valence-electron chi connectivity index (χ4n) is 3.98. The van der Waals surface area contributed by atoms with Crippen LogP contribution in [0.3, 0.4) is 0 Å². The molecule has 2 aromatic carbocycles. The minimum Gasteiger partial charge on any atom is -0.448 e. The number of rotatable bonds is 3. The SMILES string of the molecule is CN1CCN(C(=O)OCC2c3ccccc3-c3ccccc32)C(CO)C1=O. The van der Waals surface area contributed by atoms with E-state index in [9.17, 15) is 14.7 Å². The van der Waals surface area contributed by atoms with Crippen molar-refractivity contribution in [2.75, 3.05) is 33.4 Å².